The van der Waals surface area contributed by atoms with Crippen LogP contribution in [-0.4, -0.2) is 44.3 Å². The smallest absolute Gasteiger partial charge is 0.162 e. The van der Waals surface area contributed by atoms with Crippen molar-refractivity contribution in [3.8, 4) is 0 Å². The van der Waals surface area contributed by atoms with Crippen molar-refractivity contribution in [2.45, 2.75) is 38.5 Å². The van der Waals surface area contributed by atoms with E-state index in [2.05, 4.69) is 48.9 Å². The van der Waals surface area contributed by atoms with Crippen molar-refractivity contribution in [2.24, 2.45) is 0 Å². The number of aromatic nitrogens is 4. The molecule has 0 saturated carbocycles. The lowest BCUT2D eigenvalue weighted by Gasteiger charge is -2.20. The highest BCUT2D eigenvalue weighted by Gasteiger charge is 2.26. The molecular weight excluding hydrogens is 326 g/mol. The third kappa shape index (κ3) is 2.99. The largest absolute Gasteiger partial charge is 0.370 e. The molecule has 0 aliphatic carbocycles. The number of benzene rings is 1. The minimum absolute atomic E-state index is 0.134. The van der Waals surface area contributed by atoms with Crippen molar-refractivity contribution in [1.82, 2.24) is 24.6 Å². The second-order valence-corrected chi connectivity index (χ2v) is 7.18. The molecule has 2 aliphatic rings. The summed E-state index contributed by atoms with van der Waals surface area (Å²) < 4.78 is 8.11. The van der Waals surface area contributed by atoms with Crippen LogP contribution >= 0.6 is 0 Å². The van der Waals surface area contributed by atoms with Gasteiger partial charge in [0.1, 0.15) is 11.9 Å². The summed E-state index contributed by atoms with van der Waals surface area (Å²) in [6.07, 6.45) is 5.11. The Kier molecular flexibility index (Phi) is 4.15. The van der Waals surface area contributed by atoms with Gasteiger partial charge in [-0.2, -0.15) is 0 Å². The molecule has 1 aromatic carbocycles. The molecule has 1 unspecified atom stereocenters. The van der Waals surface area contributed by atoms with Crippen LogP contribution in [0.15, 0.2) is 36.5 Å². The molecule has 1 saturated heterocycles. The van der Waals surface area contributed by atoms with Crippen LogP contribution in [-0.2, 0) is 24.2 Å². The van der Waals surface area contributed by atoms with Gasteiger partial charge in [-0.25, -0.2) is 0 Å². The van der Waals surface area contributed by atoms with Crippen LogP contribution in [0.25, 0.3) is 10.9 Å². The summed E-state index contributed by atoms with van der Waals surface area (Å²) in [5, 5.41) is 10.1. The highest BCUT2D eigenvalue weighted by molar-refractivity contribution is 5.78. The first-order valence-electron chi connectivity index (χ1n) is 9.46. The summed E-state index contributed by atoms with van der Waals surface area (Å²) in [6, 6.07) is 10.7. The Morgan fingerprint density at radius 2 is 2.12 bits per heavy atom. The van der Waals surface area contributed by atoms with E-state index in [0.29, 0.717) is 0 Å². The van der Waals surface area contributed by atoms with Gasteiger partial charge in [0.05, 0.1) is 5.52 Å². The number of ether oxygens (including phenoxy) is 1. The lowest BCUT2D eigenvalue weighted by molar-refractivity contribution is 0.101. The van der Waals surface area contributed by atoms with E-state index in [0.717, 1.165) is 69.2 Å². The monoisotopic (exact) mass is 349 g/mol. The predicted octanol–water partition coefficient (Wildman–Crippen LogP) is 2.74. The second-order valence-electron chi connectivity index (χ2n) is 7.18. The minimum atomic E-state index is 0.134. The van der Waals surface area contributed by atoms with Gasteiger partial charge in [-0.1, -0.05) is 18.2 Å². The maximum absolute atomic E-state index is 5.82. The normalized spacial score (nSPS) is 21.0. The van der Waals surface area contributed by atoms with Crippen molar-refractivity contribution in [1.29, 1.82) is 0 Å². The Hall–Kier alpha value is -2.31. The van der Waals surface area contributed by atoms with E-state index in [1.165, 1.54) is 10.9 Å². The Morgan fingerprint density at radius 1 is 1.12 bits per heavy atom. The summed E-state index contributed by atoms with van der Waals surface area (Å²) in [6.45, 7) is 4.73. The highest BCUT2D eigenvalue weighted by Crippen LogP contribution is 2.28. The standard InChI is InChI=1S/C20H23N5O/c1-3-16-6-5-15(13-17(16)21-8-1)14-24-9-7-19-22-23-20(25(19)11-10-24)18-4-2-12-26-18/h1,3,5-6,8,13,18H,2,4,7,9-12,14H2. The van der Waals surface area contributed by atoms with Gasteiger partial charge in [-0.3, -0.25) is 9.88 Å². The fourth-order valence-corrected chi connectivity index (χ4v) is 4.04. The van der Waals surface area contributed by atoms with Crippen LogP contribution in [0.3, 0.4) is 0 Å². The van der Waals surface area contributed by atoms with Gasteiger partial charge < -0.3 is 9.30 Å². The Labute approximate surface area is 152 Å². The average Bonchev–Trinajstić information content (AvgIpc) is 3.29. The molecule has 2 aliphatic heterocycles. The molecule has 2 aromatic heterocycles. The maximum Gasteiger partial charge on any atom is 0.162 e. The lowest BCUT2D eigenvalue weighted by atomic mass is 10.1. The molecule has 3 aromatic rings. The van der Waals surface area contributed by atoms with Crippen molar-refractivity contribution >= 4 is 10.9 Å². The van der Waals surface area contributed by atoms with Crippen molar-refractivity contribution in [3.05, 3.63) is 53.7 Å². The van der Waals surface area contributed by atoms with Crippen molar-refractivity contribution in [3.63, 3.8) is 0 Å². The molecule has 0 N–H and O–H groups in total. The summed E-state index contributed by atoms with van der Waals surface area (Å²) in [5.74, 6) is 2.12. The quantitative estimate of drug-likeness (QED) is 0.728. The molecule has 1 atom stereocenters. The number of pyridine rings is 1. The first-order chi connectivity index (χ1) is 12.9. The Balaban J connectivity index is 1.31. The molecule has 0 radical (unpaired) electrons. The van der Waals surface area contributed by atoms with E-state index in [9.17, 15) is 0 Å². The number of fused-ring (bicyclic) bond motifs is 2. The van der Waals surface area contributed by atoms with Gasteiger partial charge in [-0.15, -0.1) is 10.2 Å². The molecule has 1 fully saturated rings. The van der Waals surface area contributed by atoms with Crippen LogP contribution in [0.1, 0.15) is 36.2 Å². The third-order valence-corrected chi connectivity index (χ3v) is 5.44. The lowest BCUT2D eigenvalue weighted by Crippen LogP contribution is -2.27. The zero-order valence-electron chi connectivity index (χ0n) is 14.8. The summed E-state index contributed by atoms with van der Waals surface area (Å²) in [7, 11) is 0. The van der Waals surface area contributed by atoms with E-state index in [1.807, 2.05) is 12.3 Å². The van der Waals surface area contributed by atoms with Crippen LogP contribution in [0.2, 0.25) is 0 Å². The Bertz CT molecular complexity index is 915. The molecule has 4 heterocycles. The number of hydrogen-bond acceptors (Lipinski definition) is 5. The number of nitrogens with zero attached hydrogens (tertiary/aromatic N) is 5. The van der Waals surface area contributed by atoms with Crippen molar-refractivity contribution in [2.75, 3.05) is 19.7 Å². The average molecular weight is 349 g/mol. The van der Waals surface area contributed by atoms with E-state index < -0.39 is 0 Å². The zero-order valence-corrected chi connectivity index (χ0v) is 14.8. The van der Waals surface area contributed by atoms with Crippen LogP contribution in [0.5, 0.6) is 0 Å². The van der Waals surface area contributed by atoms with Gasteiger partial charge in [0.15, 0.2) is 5.82 Å². The molecule has 134 valence electrons. The molecule has 0 amide bonds. The van der Waals surface area contributed by atoms with Gasteiger partial charge in [0.2, 0.25) is 0 Å². The van der Waals surface area contributed by atoms with Gasteiger partial charge >= 0.3 is 0 Å². The fourth-order valence-electron chi connectivity index (χ4n) is 4.04. The summed E-state index contributed by atoms with van der Waals surface area (Å²) in [4.78, 5) is 6.98. The first kappa shape index (κ1) is 15.9. The summed E-state index contributed by atoms with van der Waals surface area (Å²) in [5.41, 5.74) is 2.38. The fraction of sp³-hybridized carbons (Fsp3) is 0.450. The summed E-state index contributed by atoms with van der Waals surface area (Å²) >= 11 is 0. The van der Waals surface area contributed by atoms with E-state index in [-0.39, 0.29) is 6.10 Å². The third-order valence-electron chi connectivity index (χ3n) is 5.44. The van der Waals surface area contributed by atoms with Crippen molar-refractivity contribution < 1.29 is 4.74 Å². The van der Waals surface area contributed by atoms with E-state index in [4.69, 9.17) is 4.74 Å². The zero-order chi connectivity index (χ0) is 17.3. The number of hydrogen-bond donors (Lipinski definition) is 0. The van der Waals surface area contributed by atoms with Crippen LogP contribution in [0.4, 0.5) is 0 Å². The molecule has 0 bridgehead atoms. The molecule has 5 rings (SSSR count). The second kappa shape index (κ2) is 6.78. The predicted molar refractivity (Wildman–Crippen MR) is 98.7 cm³/mol. The molecular formula is C20H23N5O. The molecule has 6 heteroatoms. The SMILES string of the molecule is c1cnc2cc(CN3CCc4nnc(C5CCCO5)n4CC3)ccc2c1. The van der Waals surface area contributed by atoms with Gasteiger partial charge in [-0.05, 0) is 30.5 Å². The topological polar surface area (TPSA) is 56.1 Å². The molecule has 6 nitrogen and oxygen atoms in total. The van der Waals surface area contributed by atoms with Crippen LogP contribution < -0.4 is 0 Å². The maximum atomic E-state index is 5.82. The minimum Gasteiger partial charge on any atom is -0.370 e. The molecule has 26 heavy (non-hydrogen) atoms. The highest BCUT2D eigenvalue weighted by atomic mass is 16.5. The van der Waals surface area contributed by atoms with Gasteiger partial charge in [0, 0.05) is 50.8 Å². The molecule has 0 spiro atoms. The van der Waals surface area contributed by atoms with E-state index in [1.54, 1.807) is 0 Å². The Morgan fingerprint density at radius 3 is 3.04 bits per heavy atom. The van der Waals surface area contributed by atoms with Crippen LogP contribution in [0, 0.1) is 0 Å². The van der Waals surface area contributed by atoms with Gasteiger partial charge in [0.25, 0.3) is 0 Å². The number of rotatable bonds is 3. The van der Waals surface area contributed by atoms with E-state index >= 15 is 0 Å². The first-order valence-corrected chi connectivity index (χ1v) is 9.46.